The molecule has 0 saturated carbocycles. The van der Waals surface area contributed by atoms with Gasteiger partial charge in [-0.2, -0.15) is 4.98 Å². The molecule has 2 N–H and O–H groups in total. The maximum absolute atomic E-state index is 6.11. The lowest BCUT2D eigenvalue weighted by molar-refractivity contribution is 0.867. The van der Waals surface area contributed by atoms with E-state index in [4.69, 9.17) is 11.6 Å². The highest BCUT2D eigenvalue weighted by molar-refractivity contribution is 6.32. The molecule has 2 rings (SSSR count). The van der Waals surface area contributed by atoms with Crippen LogP contribution in [-0.4, -0.2) is 16.5 Å². The third-order valence-corrected chi connectivity index (χ3v) is 3.20. The fourth-order valence-corrected chi connectivity index (χ4v) is 1.92. The smallest absolute Gasteiger partial charge is 0.224 e. The van der Waals surface area contributed by atoms with Gasteiger partial charge in [-0.15, -0.1) is 0 Å². The van der Waals surface area contributed by atoms with Crippen molar-refractivity contribution in [2.24, 2.45) is 0 Å². The summed E-state index contributed by atoms with van der Waals surface area (Å²) in [6, 6.07) is 8.27. The quantitative estimate of drug-likeness (QED) is 0.855. The van der Waals surface area contributed by atoms with Crippen molar-refractivity contribution in [3.8, 4) is 0 Å². The minimum Gasteiger partial charge on any atom is -0.354 e. The molecule has 20 heavy (non-hydrogen) atoms. The Hall–Kier alpha value is -1.81. The topological polar surface area (TPSA) is 49.8 Å². The second-order valence-corrected chi connectivity index (χ2v) is 5.23. The summed E-state index contributed by atoms with van der Waals surface area (Å²) in [5, 5.41) is 6.78. The van der Waals surface area contributed by atoms with E-state index >= 15 is 0 Å². The summed E-state index contributed by atoms with van der Waals surface area (Å²) >= 11 is 6.11. The zero-order chi connectivity index (χ0) is 14.5. The SMILES string of the molecule is CCNc1ncc(Cl)c(Nc2ccc(C(C)C)cc2)n1. The van der Waals surface area contributed by atoms with Gasteiger partial charge in [0.1, 0.15) is 5.02 Å². The molecule has 1 aromatic carbocycles. The van der Waals surface area contributed by atoms with E-state index < -0.39 is 0 Å². The highest BCUT2D eigenvalue weighted by Crippen LogP contribution is 2.25. The Morgan fingerprint density at radius 3 is 2.50 bits per heavy atom. The Morgan fingerprint density at radius 2 is 1.90 bits per heavy atom. The first-order valence-corrected chi connectivity index (χ1v) is 7.11. The molecule has 5 heteroatoms. The van der Waals surface area contributed by atoms with E-state index in [1.165, 1.54) is 5.56 Å². The van der Waals surface area contributed by atoms with Gasteiger partial charge in [-0.25, -0.2) is 4.98 Å². The summed E-state index contributed by atoms with van der Waals surface area (Å²) in [6.45, 7) is 7.11. The molecule has 4 nitrogen and oxygen atoms in total. The molecule has 0 spiro atoms. The van der Waals surface area contributed by atoms with Crippen molar-refractivity contribution >= 4 is 29.1 Å². The Balaban J connectivity index is 2.18. The number of benzene rings is 1. The normalized spacial score (nSPS) is 10.7. The molecule has 0 aliphatic rings. The van der Waals surface area contributed by atoms with Crippen molar-refractivity contribution in [2.75, 3.05) is 17.2 Å². The van der Waals surface area contributed by atoms with E-state index in [1.54, 1.807) is 6.20 Å². The predicted octanol–water partition coefficient (Wildman–Crippen LogP) is 4.43. The van der Waals surface area contributed by atoms with Gasteiger partial charge < -0.3 is 10.6 Å². The summed E-state index contributed by atoms with van der Waals surface area (Å²) < 4.78 is 0. The van der Waals surface area contributed by atoms with E-state index in [1.807, 2.05) is 19.1 Å². The van der Waals surface area contributed by atoms with Crippen LogP contribution in [0.3, 0.4) is 0 Å². The monoisotopic (exact) mass is 290 g/mol. The van der Waals surface area contributed by atoms with Gasteiger partial charge in [0.25, 0.3) is 0 Å². The van der Waals surface area contributed by atoms with Gasteiger partial charge >= 0.3 is 0 Å². The van der Waals surface area contributed by atoms with Crippen LogP contribution in [-0.2, 0) is 0 Å². The minimum absolute atomic E-state index is 0.500. The second-order valence-electron chi connectivity index (χ2n) is 4.82. The van der Waals surface area contributed by atoms with Crippen LogP contribution in [0.15, 0.2) is 30.5 Å². The van der Waals surface area contributed by atoms with Crippen molar-refractivity contribution in [1.29, 1.82) is 0 Å². The van der Waals surface area contributed by atoms with Crippen molar-refractivity contribution in [3.05, 3.63) is 41.0 Å². The zero-order valence-electron chi connectivity index (χ0n) is 11.9. The van der Waals surface area contributed by atoms with Crippen LogP contribution >= 0.6 is 11.6 Å². The van der Waals surface area contributed by atoms with Crippen molar-refractivity contribution in [3.63, 3.8) is 0 Å². The zero-order valence-corrected chi connectivity index (χ0v) is 12.7. The maximum atomic E-state index is 6.11. The van der Waals surface area contributed by atoms with Gasteiger partial charge in [-0.05, 0) is 30.5 Å². The van der Waals surface area contributed by atoms with Crippen LogP contribution in [0.2, 0.25) is 5.02 Å². The molecule has 0 unspecified atom stereocenters. The van der Waals surface area contributed by atoms with Crippen LogP contribution in [0, 0.1) is 0 Å². The molecule has 106 valence electrons. The number of nitrogens with zero attached hydrogens (tertiary/aromatic N) is 2. The number of nitrogens with one attached hydrogen (secondary N) is 2. The number of hydrogen-bond acceptors (Lipinski definition) is 4. The largest absolute Gasteiger partial charge is 0.354 e. The average molecular weight is 291 g/mol. The van der Waals surface area contributed by atoms with Gasteiger partial charge in [0.05, 0.1) is 6.20 Å². The molecule has 0 saturated heterocycles. The van der Waals surface area contributed by atoms with Crippen molar-refractivity contribution < 1.29 is 0 Å². The number of rotatable bonds is 5. The lowest BCUT2D eigenvalue weighted by Crippen LogP contribution is -2.04. The Kier molecular flexibility index (Phi) is 4.79. The van der Waals surface area contributed by atoms with Gasteiger partial charge in [0.2, 0.25) is 5.95 Å². The lowest BCUT2D eigenvalue weighted by Gasteiger charge is -2.11. The van der Waals surface area contributed by atoms with Crippen LogP contribution < -0.4 is 10.6 Å². The molecule has 0 amide bonds. The molecule has 1 heterocycles. The molecular formula is C15H19ClN4. The molecule has 0 aliphatic carbocycles. The van der Waals surface area contributed by atoms with Gasteiger partial charge in [0, 0.05) is 12.2 Å². The Bertz CT molecular complexity index is 567. The van der Waals surface area contributed by atoms with Gasteiger partial charge in [-0.1, -0.05) is 37.6 Å². The van der Waals surface area contributed by atoms with Crippen LogP contribution in [0.5, 0.6) is 0 Å². The lowest BCUT2D eigenvalue weighted by atomic mass is 10.0. The summed E-state index contributed by atoms with van der Waals surface area (Å²) in [7, 11) is 0. The molecule has 0 radical (unpaired) electrons. The summed E-state index contributed by atoms with van der Waals surface area (Å²) in [6.07, 6.45) is 1.59. The molecular weight excluding hydrogens is 272 g/mol. The Morgan fingerprint density at radius 1 is 1.20 bits per heavy atom. The minimum atomic E-state index is 0.500. The number of halogens is 1. The highest BCUT2D eigenvalue weighted by atomic mass is 35.5. The first kappa shape index (κ1) is 14.6. The number of anilines is 3. The van der Waals surface area contributed by atoms with Gasteiger partial charge in [-0.3, -0.25) is 0 Å². The average Bonchev–Trinajstić information content (AvgIpc) is 2.43. The van der Waals surface area contributed by atoms with E-state index in [-0.39, 0.29) is 0 Å². The molecule has 2 aromatic rings. The Labute approximate surface area is 124 Å². The van der Waals surface area contributed by atoms with E-state index in [0.717, 1.165) is 12.2 Å². The number of hydrogen-bond donors (Lipinski definition) is 2. The summed E-state index contributed by atoms with van der Waals surface area (Å²) in [4.78, 5) is 8.46. The first-order chi connectivity index (χ1) is 9.60. The van der Waals surface area contributed by atoms with Gasteiger partial charge in [0.15, 0.2) is 5.82 Å². The molecule has 0 aliphatic heterocycles. The van der Waals surface area contributed by atoms with Crippen molar-refractivity contribution in [2.45, 2.75) is 26.7 Å². The fraction of sp³-hybridized carbons (Fsp3) is 0.333. The highest BCUT2D eigenvalue weighted by Gasteiger charge is 2.06. The molecule has 0 atom stereocenters. The van der Waals surface area contributed by atoms with Crippen LogP contribution in [0.1, 0.15) is 32.3 Å². The van der Waals surface area contributed by atoms with Crippen LogP contribution in [0.4, 0.5) is 17.5 Å². The standard InChI is InChI=1S/C15H19ClN4/c1-4-17-15-18-9-13(16)14(20-15)19-12-7-5-11(6-8-12)10(2)3/h5-10H,4H2,1-3H3,(H2,17,18,19,20). The predicted molar refractivity (Wildman–Crippen MR) is 85.0 cm³/mol. The summed E-state index contributed by atoms with van der Waals surface area (Å²) in [5.74, 6) is 1.69. The van der Waals surface area contributed by atoms with Crippen molar-refractivity contribution in [1.82, 2.24) is 9.97 Å². The second kappa shape index (κ2) is 6.57. The molecule has 0 fully saturated rings. The third-order valence-electron chi connectivity index (χ3n) is 2.92. The van der Waals surface area contributed by atoms with E-state index in [2.05, 4.69) is 46.6 Å². The van der Waals surface area contributed by atoms with E-state index in [0.29, 0.717) is 22.7 Å². The first-order valence-electron chi connectivity index (χ1n) is 6.73. The molecule has 0 bridgehead atoms. The third kappa shape index (κ3) is 3.61. The van der Waals surface area contributed by atoms with Crippen LogP contribution in [0.25, 0.3) is 0 Å². The van der Waals surface area contributed by atoms with E-state index in [9.17, 15) is 0 Å². The number of aromatic nitrogens is 2. The fourth-order valence-electron chi connectivity index (χ4n) is 1.79. The summed E-state index contributed by atoms with van der Waals surface area (Å²) in [5.41, 5.74) is 2.26. The molecule has 1 aromatic heterocycles. The maximum Gasteiger partial charge on any atom is 0.224 e.